The first kappa shape index (κ1) is 17.4. The Kier molecular flexibility index (Phi) is 11.2. The van der Waals surface area contributed by atoms with E-state index in [1.807, 2.05) is 0 Å². The van der Waals surface area contributed by atoms with Gasteiger partial charge in [0.25, 0.3) is 0 Å². The third-order valence-electron chi connectivity index (χ3n) is 3.31. The largest absolute Gasteiger partial charge is 0.468 e. The molecule has 0 saturated carbocycles. The highest BCUT2D eigenvalue weighted by Gasteiger charge is 2.19. The molecule has 0 aliphatic heterocycles. The number of carbonyl (C=O) groups is 1. The van der Waals surface area contributed by atoms with Gasteiger partial charge in [0.15, 0.2) is 0 Å². The Morgan fingerprint density at radius 2 is 1.72 bits per heavy atom. The second-order valence-electron chi connectivity index (χ2n) is 5.14. The van der Waals surface area contributed by atoms with Crippen molar-refractivity contribution in [1.29, 1.82) is 0 Å². The lowest BCUT2D eigenvalue weighted by Crippen LogP contribution is -2.42. The standard InChI is InChI=1S/C15H31NO2/c1-5-7-9-10-11-13(3)16-14(12-8-6-2)15(17)18-4/h13-14,16H,5-12H2,1-4H3. The van der Waals surface area contributed by atoms with Crippen molar-refractivity contribution < 1.29 is 9.53 Å². The van der Waals surface area contributed by atoms with Crippen molar-refractivity contribution >= 4 is 5.97 Å². The Morgan fingerprint density at radius 3 is 2.28 bits per heavy atom. The zero-order valence-electron chi connectivity index (χ0n) is 12.6. The summed E-state index contributed by atoms with van der Waals surface area (Å²) in [6, 6.07) is 0.263. The van der Waals surface area contributed by atoms with E-state index in [0.29, 0.717) is 6.04 Å². The van der Waals surface area contributed by atoms with Crippen molar-refractivity contribution in [3.05, 3.63) is 0 Å². The van der Waals surface area contributed by atoms with Gasteiger partial charge in [-0.05, 0) is 19.8 Å². The Morgan fingerprint density at radius 1 is 1.06 bits per heavy atom. The summed E-state index contributed by atoms with van der Waals surface area (Å²) in [6.07, 6.45) is 9.30. The summed E-state index contributed by atoms with van der Waals surface area (Å²) in [5.74, 6) is -0.121. The average molecular weight is 257 g/mol. The molecule has 108 valence electrons. The van der Waals surface area contributed by atoms with Crippen LogP contribution in [0.4, 0.5) is 0 Å². The first-order chi connectivity index (χ1) is 8.65. The van der Waals surface area contributed by atoms with E-state index < -0.39 is 0 Å². The molecule has 0 fully saturated rings. The first-order valence-electron chi connectivity index (χ1n) is 7.49. The van der Waals surface area contributed by atoms with Gasteiger partial charge in [0.05, 0.1) is 7.11 Å². The molecule has 2 unspecified atom stereocenters. The van der Waals surface area contributed by atoms with Crippen LogP contribution >= 0.6 is 0 Å². The van der Waals surface area contributed by atoms with Gasteiger partial charge in [0.1, 0.15) is 6.04 Å². The number of unbranched alkanes of at least 4 members (excludes halogenated alkanes) is 4. The number of esters is 1. The molecular formula is C15H31NO2. The van der Waals surface area contributed by atoms with E-state index in [1.54, 1.807) is 0 Å². The molecule has 18 heavy (non-hydrogen) atoms. The number of ether oxygens (including phenoxy) is 1. The minimum Gasteiger partial charge on any atom is -0.468 e. The molecule has 0 aromatic rings. The van der Waals surface area contributed by atoms with Gasteiger partial charge in [-0.3, -0.25) is 4.79 Å². The summed E-state index contributed by atoms with van der Waals surface area (Å²) in [5, 5.41) is 3.40. The molecule has 3 nitrogen and oxygen atoms in total. The van der Waals surface area contributed by atoms with Gasteiger partial charge >= 0.3 is 5.97 Å². The molecule has 3 heteroatoms. The van der Waals surface area contributed by atoms with Crippen molar-refractivity contribution in [2.24, 2.45) is 0 Å². The van der Waals surface area contributed by atoms with Gasteiger partial charge < -0.3 is 10.1 Å². The fourth-order valence-electron chi connectivity index (χ4n) is 2.12. The molecule has 0 aromatic carbocycles. The molecule has 0 aliphatic carbocycles. The van der Waals surface area contributed by atoms with Crippen LogP contribution in [0.2, 0.25) is 0 Å². The van der Waals surface area contributed by atoms with Crippen molar-refractivity contribution in [1.82, 2.24) is 5.32 Å². The lowest BCUT2D eigenvalue weighted by Gasteiger charge is -2.21. The third kappa shape index (κ3) is 8.51. The summed E-state index contributed by atoms with van der Waals surface area (Å²) in [4.78, 5) is 11.6. The van der Waals surface area contributed by atoms with Gasteiger partial charge in [-0.2, -0.15) is 0 Å². The maximum Gasteiger partial charge on any atom is 0.322 e. The molecule has 0 bridgehead atoms. The fraction of sp³-hybridized carbons (Fsp3) is 0.933. The van der Waals surface area contributed by atoms with Crippen LogP contribution < -0.4 is 5.32 Å². The monoisotopic (exact) mass is 257 g/mol. The lowest BCUT2D eigenvalue weighted by atomic mass is 10.1. The normalized spacial score (nSPS) is 14.2. The molecule has 2 atom stereocenters. The van der Waals surface area contributed by atoms with Crippen LogP contribution in [0.3, 0.4) is 0 Å². The third-order valence-corrected chi connectivity index (χ3v) is 3.31. The fourth-order valence-corrected chi connectivity index (χ4v) is 2.12. The first-order valence-corrected chi connectivity index (χ1v) is 7.49. The van der Waals surface area contributed by atoms with E-state index in [2.05, 4.69) is 26.1 Å². The molecule has 0 radical (unpaired) electrons. The van der Waals surface area contributed by atoms with E-state index in [9.17, 15) is 4.79 Å². The molecule has 0 aliphatic rings. The van der Waals surface area contributed by atoms with E-state index in [0.717, 1.165) is 25.7 Å². The highest BCUT2D eigenvalue weighted by molar-refractivity contribution is 5.75. The molecule has 0 heterocycles. The summed E-state index contributed by atoms with van der Waals surface area (Å²) in [6.45, 7) is 6.52. The molecule has 0 aromatic heterocycles. The van der Waals surface area contributed by atoms with E-state index in [-0.39, 0.29) is 12.0 Å². The van der Waals surface area contributed by atoms with Crippen LogP contribution in [0.5, 0.6) is 0 Å². The van der Waals surface area contributed by atoms with Crippen LogP contribution in [0.1, 0.15) is 72.1 Å². The predicted octanol–water partition coefficient (Wildman–Crippen LogP) is 3.67. The zero-order valence-corrected chi connectivity index (χ0v) is 12.6. The summed E-state index contributed by atoms with van der Waals surface area (Å²) in [5.41, 5.74) is 0. The van der Waals surface area contributed by atoms with Crippen molar-refractivity contribution in [2.45, 2.75) is 84.2 Å². The molecule has 0 spiro atoms. The Labute approximate surface area is 113 Å². The number of hydrogen-bond donors (Lipinski definition) is 1. The predicted molar refractivity (Wildman–Crippen MR) is 76.7 cm³/mol. The van der Waals surface area contributed by atoms with Gasteiger partial charge in [-0.25, -0.2) is 0 Å². The molecule has 0 amide bonds. The summed E-state index contributed by atoms with van der Waals surface area (Å²) >= 11 is 0. The van der Waals surface area contributed by atoms with Crippen molar-refractivity contribution in [3.63, 3.8) is 0 Å². The minimum atomic E-state index is -0.129. The Bertz CT molecular complexity index is 207. The number of carbonyl (C=O) groups excluding carboxylic acids is 1. The van der Waals surface area contributed by atoms with Crippen LogP contribution in [0.25, 0.3) is 0 Å². The SMILES string of the molecule is CCCCCCC(C)NC(CCCC)C(=O)OC. The zero-order chi connectivity index (χ0) is 13.8. The average Bonchev–Trinajstić information content (AvgIpc) is 2.38. The number of rotatable bonds is 11. The second kappa shape index (κ2) is 11.5. The summed E-state index contributed by atoms with van der Waals surface area (Å²) in [7, 11) is 1.47. The number of methoxy groups -OCH3 is 1. The maximum absolute atomic E-state index is 11.6. The van der Waals surface area contributed by atoms with Gasteiger partial charge in [0, 0.05) is 6.04 Å². The van der Waals surface area contributed by atoms with Crippen molar-refractivity contribution in [3.8, 4) is 0 Å². The number of nitrogens with one attached hydrogen (secondary N) is 1. The van der Waals surface area contributed by atoms with Crippen LogP contribution in [-0.2, 0) is 9.53 Å². The van der Waals surface area contributed by atoms with E-state index in [4.69, 9.17) is 4.74 Å². The van der Waals surface area contributed by atoms with Gasteiger partial charge in [0.2, 0.25) is 0 Å². The Hall–Kier alpha value is -0.570. The number of hydrogen-bond acceptors (Lipinski definition) is 3. The topological polar surface area (TPSA) is 38.3 Å². The van der Waals surface area contributed by atoms with Gasteiger partial charge in [-0.1, -0.05) is 52.4 Å². The summed E-state index contributed by atoms with van der Waals surface area (Å²) < 4.78 is 4.85. The quantitative estimate of drug-likeness (QED) is 0.453. The molecule has 1 N–H and O–H groups in total. The highest BCUT2D eigenvalue weighted by Crippen LogP contribution is 2.08. The maximum atomic E-state index is 11.6. The molecule has 0 rings (SSSR count). The smallest absolute Gasteiger partial charge is 0.322 e. The van der Waals surface area contributed by atoms with Crippen LogP contribution in [0.15, 0.2) is 0 Å². The molecule has 0 saturated heterocycles. The van der Waals surface area contributed by atoms with Crippen LogP contribution in [0, 0.1) is 0 Å². The Balaban J connectivity index is 3.93. The lowest BCUT2D eigenvalue weighted by molar-refractivity contribution is -0.143. The highest BCUT2D eigenvalue weighted by atomic mass is 16.5. The van der Waals surface area contributed by atoms with E-state index in [1.165, 1.54) is 32.8 Å². The molecular weight excluding hydrogens is 226 g/mol. The van der Waals surface area contributed by atoms with Crippen molar-refractivity contribution in [2.75, 3.05) is 7.11 Å². The second-order valence-corrected chi connectivity index (χ2v) is 5.14. The van der Waals surface area contributed by atoms with E-state index >= 15 is 0 Å². The van der Waals surface area contributed by atoms with Crippen LogP contribution in [-0.4, -0.2) is 25.2 Å². The minimum absolute atomic E-state index is 0.121. The van der Waals surface area contributed by atoms with Gasteiger partial charge in [-0.15, -0.1) is 0 Å².